The predicted molar refractivity (Wildman–Crippen MR) is 176 cm³/mol. The number of benzene rings is 6. The van der Waals surface area contributed by atoms with E-state index in [1.807, 2.05) is 60.7 Å². The molecule has 9 rings (SSSR count). The molecule has 0 bridgehead atoms. The lowest BCUT2D eigenvalue weighted by molar-refractivity contribution is 0.584. The molecule has 0 N–H and O–H groups in total. The highest BCUT2D eigenvalue weighted by molar-refractivity contribution is 6.16. The number of hydrogen-bond donors (Lipinski definition) is 0. The summed E-state index contributed by atoms with van der Waals surface area (Å²) in [5.74, 6) is 2.01. The standard InChI is InChI=1S/C39H26N4O2/c1-39(2)31-21-29(37-42-40-35(44-37)23-13-5-3-6-14-23)25-17-9-11-19-27(25)33(31)34-28-20-12-10-18-26(28)30(22-32(34)39)38-43-41-36(45-38)24-15-7-4-8-16-24/h3-22H,1-2H3. The average molecular weight is 583 g/mol. The Balaban J connectivity index is 1.28. The van der Waals surface area contributed by atoms with Crippen molar-refractivity contribution in [1.29, 1.82) is 0 Å². The Hall–Kier alpha value is -5.88. The first-order valence-corrected chi connectivity index (χ1v) is 15.0. The van der Waals surface area contributed by atoms with Crippen molar-refractivity contribution in [2.45, 2.75) is 19.3 Å². The quantitative estimate of drug-likeness (QED) is 0.206. The van der Waals surface area contributed by atoms with Crippen LogP contribution in [0.4, 0.5) is 0 Å². The molecule has 0 saturated carbocycles. The van der Waals surface area contributed by atoms with Gasteiger partial charge in [0.05, 0.1) is 0 Å². The molecule has 8 aromatic rings. The molecule has 6 heteroatoms. The van der Waals surface area contributed by atoms with Crippen LogP contribution in [0.3, 0.4) is 0 Å². The van der Waals surface area contributed by atoms with Crippen LogP contribution < -0.4 is 0 Å². The summed E-state index contributed by atoms with van der Waals surface area (Å²) in [5.41, 5.74) is 8.18. The number of nitrogens with zero attached hydrogens (tertiary/aromatic N) is 4. The Morgan fingerprint density at radius 1 is 0.422 bits per heavy atom. The number of hydrogen-bond acceptors (Lipinski definition) is 6. The summed E-state index contributed by atoms with van der Waals surface area (Å²) in [5, 5.41) is 22.3. The molecule has 2 aromatic heterocycles. The minimum absolute atomic E-state index is 0.340. The molecule has 0 saturated heterocycles. The van der Waals surface area contributed by atoms with Gasteiger partial charge in [-0.25, -0.2) is 0 Å². The van der Waals surface area contributed by atoms with Crippen molar-refractivity contribution in [3.05, 3.63) is 132 Å². The molecule has 0 amide bonds. The summed E-state index contributed by atoms with van der Waals surface area (Å²) in [7, 11) is 0. The Morgan fingerprint density at radius 3 is 1.20 bits per heavy atom. The van der Waals surface area contributed by atoms with E-state index in [1.54, 1.807) is 0 Å². The Kier molecular flexibility index (Phi) is 5.44. The van der Waals surface area contributed by atoms with Crippen molar-refractivity contribution >= 4 is 21.5 Å². The molecule has 6 aromatic carbocycles. The van der Waals surface area contributed by atoms with Crippen LogP contribution in [0, 0.1) is 0 Å². The van der Waals surface area contributed by atoms with Gasteiger partial charge in [0.25, 0.3) is 0 Å². The third-order valence-electron chi connectivity index (χ3n) is 9.04. The molecule has 6 nitrogen and oxygen atoms in total. The largest absolute Gasteiger partial charge is 0.416 e. The summed E-state index contributed by atoms with van der Waals surface area (Å²) in [6.45, 7) is 4.56. The lowest BCUT2D eigenvalue weighted by Crippen LogP contribution is -2.15. The maximum absolute atomic E-state index is 6.31. The summed E-state index contributed by atoms with van der Waals surface area (Å²) in [6, 6.07) is 41.2. The van der Waals surface area contributed by atoms with Crippen molar-refractivity contribution in [3.8, 4) is 56.9 Å². The molecule has 1 aliphatic carbocycles. The molecule has 0 radical (unpaired) electrons. The molecular weight excluding hydrogens is 556 g/mol. The summed E-state index contributed by atoms with van der Waals surface area (Å²) >= 11 is 0. The van der Waals surface area contributed by atoms with E-state index < -0.39 is 0 Å². The SMILES string of the molecule is CC1(C)c2cc(-c3nnc(-c4ccccc4)o3)c3ccccc3c2-c2c1cc(-c1nnc(-c3ccccc3)o1)c1ccccc21. The van der Waals surface area contributed by atoms with Crippen LogP contribution in [0.1, 0.15) is 25.0 Å². The van der Waals surface area contributed by atoms with E-state index in [0.717, 1.165) is 43.8 Å². The van der Waals surface area contributed by atoms with E-state index in [1.165, 1.54) is 22.3 Å². The zero-order chi connectivity index (χ0) is 30.1. The molecular formula is C39H26N4O2. The van der Waals surface area contributed by atoms with Crippen LogP contribution in [-0.4, -0.2) is 20.4 Å². The van der Waals surface area contributed by atoms with Crippen LogP contribution >= 0.6 is 0 Å². The zero-order valence-corrected chi connectivity index (χ0v) is 24.7. The molecule has 0 spiro atoms. The smallest absolute Gasteiger partial charge is 0.248 e. The number of fused-ring (bicyclic) bond motifs is 7. The second-order valence-electron chi connectivity index (χ2n) is 12.0. The lowest BCUT2D eigenvalue weighted by Gasteiger charge is -2.23. The van der Waals surface area contributed by atoms with E-state index in [4.69, 9.17) is 8.83 Å². The van der Waals surface area contributed by atoms with Gasteiger partial charge in [0.15, 0.2) is 0 Å². The van der Waals surface area contributed by atoms with Gasteiger partial charge in [0, 0.05) is 27.7 Å². The first-order chi connectivity index (χ1) is 22.1. The molecule has 0 unspecified atom stereocenters. The second kappa shape index (κ2) is 9.56. The topological polar surface area (TPSA) is 77.8 Å². The van der Waals surface area contributed by atoms with Crippen molar-refractivity contribution in [2.24, 2.45) is 0 Å². The fourth-order valence-electron chi connectivity index (χ4n) is 6.83. The van der Waals surface area contributed by atoms with Crippen LogP contribution in [0.15, 0.2) is 130 Å². The fourth-order valence-corrected chi connectivity index (χ4v) is 6.83. The maximum atomic E-state index is 6.31. The average Bonchev–Trinajstić information content (AvgIpc) is 3.83. The van der Waals surface area contributed by atoms with Crippen molar-refractivity contribution in [1.82, 2.24) is 20.4 Å². The maximum Gasteiger partial charge on any atom is 0.248 e. The molecule has 1 aliphatic rings. The van der Waals surface area contributed by atoms with Crippen molar-refractivity contribution < 1.29 is 8.83 Å². The second-order valence-corrected chi connectivity index (χ2v) is 12.0. The third-order valence-corrected chi connectivity index (χ3v) is 9.04. The molecule has 2 heterocycles. The van der Waals surface area contributed by atoms with Gasteiger partial charge in [0.1, 0.15) is 0 Å². The zero-order valence-electron chi connectivity index (χ0n) is 24.7. The fraction of sp³-hybridized carbons (Fsp3) is 0.0769. The van der Waals surface area contributed by atoms with E-state index in [2.05, 4.69) is 94.9 Å². The minimum atomic E-state index is -0.340. The summed E-state index contributed by atoms with van der Waals surface area (Å²) in [4.78, 5) is 0. The van der Waals surface area contributed by atoms with E-state index in [-0.39, 0.29) is 5.41 Å². The van der Waals surface area contributed by atoms with Crippen LogP contribution in [-0.2, 0) is 5.41 Å². The normalized spacial score (nSPS) is 13.3. The van der Waals surface area contributed by atoms with Crippen LogP contribution in [0.5, 0.6) is 0 Å². The predicted octanol–water partition coefficient (Wildman–Crippen LogP) is 9.73. The molecule has 0 aliphatic heterocycles. The van der Waals surface area contributed by atoms with E-state index in [9.17, 15) is 0 Å². The van der Waals surface area contributed by atoms with Gasteiger partial charge >= 0.3 is 0 Å². The van der Waals surface area contributed by atoms with Gasteiger partial charge in [-0.05, 0) is 80.2 Å². The minimum Gasteiger partial charge on any atom is -0.416 e. The van der Waals surface area contributed by atoms with Gasteiger partial charge in [0.2, 0.25) is 23.6 Å². The van der Waals surface area contributed by atoms with Gasteiger partial charge in [-0.15, -0.1) is 20.4 Å². The van der Waals surface area contributed by atoms with E-state index >= 15 is 0 Å². The lowest BCUT2D eigenvalue weighted by atomic mass is 9.80. The first-order valence-electron chi connectivity index (χ1n) is 15.0. The highest BCUT2D eigenvalue weighted by Gasteiger charge is 2.39. The Labute approximate surface area is 259 Å². The van der Waals surface area contributed by atoms with Gasteiger partial charge < -0.3 is 8.83 Å². The van der Waals surface area contributed by atoms with Gasteiger partial charge in [-0.2, -0.15) is 0 Å². The Bertz CT molecular complexity index is 2240. The highest BCUT2D eigenvalue weighted by Crippen LogP contribution is 2.56. The first kappa shape index (κ1) is 25.6. The highest BCUT2D eigenvalue weighted by atomic mass is 16.4. The van der Waals surface area contributed by atoms with Gasteiger partial charge in [-0.1, -0.05) is 98.8 Å². The Morgan fingerprint density at radius 2 is 0.778 bits per heavy atom. The van der Waals surface area contributed by atoms with E-state index in [0.29, 0.717) is 23.6 Å². The molecule has 45 heavy (non-hydrogen) atoms. The third kappa shape index (κ3) is 3.82. The van der Waals surface area contributed by atoms with Gasteiger partial charge in [-0.3, -0.25) is 0 Å². The molecule has 214 valence electrons. The molecule has 0 atom stereocenters. The number of aromatic nitrogens is 4. The van der Waals surface area contributed by atoms with Crippen LogP contribution in [0.2, 0.25) is 0 Å². The van der Waals surface area contributed by atoms with Crippen LogP contribution in [0.25, 0.3) is 78.5 Å². The molecule has 0 fully saturated rings. The monoisotopic (exact) mass is 582 g/mol. The summed E-state index contributed by atoms with van der Waals surface area (Å²) < 4.78 is 12.6. The van der Waals surface area contributed by atoms with Crippen molar-refractivity contribution in [2.75, 3.05) is 0 Å². The summed E-state index contributed by atoms with van der Waals surface area (Å²) in [6.07, 6.45) is 0. The number of rotatable bonds is 4. The van der Waals surface area contributed by atoms with Crippen molar-refractivity contribution in [3.63, 3.8) is 0 Å².